The molecule has 2 atom stereocenters. The van der Waals surface area contributed by atoms with Gasteiger partial charge in [-0.15, -0.1) is 23.2 Å². The van der Waals surface area contributed by atoms with Crippen molar-refractivity contribution >= 4 is 35.1 Å². The van der Waals surface area contributed by atoms with E-state index in [9.17, 15) is 9.59 Å². The van der Waals surface area contributed by atoms with Crippen molar-refractivity contribution in [3.8, 4) is 11.5 Å². The molecule has 0 amide bonds. The van der Waals surface area contributed by atoms with Crippen LogP contribution in [0.1, 0.15) is 58.1 Å². The van der Waals surface area contributed by atoms with Crippen LogP contribution in [0.25, 0.3) is 0 Å². The largest absolute Gasteiger partial charge is 0.490 e. The molecule has 2 aromatic rings. The Bertz CT molecular complexity index is 993. The van der Waals surface area contributed by atoms with Crippen LogP contribution in [0.15, 0.2) is 48.5 Å². The summed E-state index contributed by atoms with van der Waals surface area (Å²) < 4.78 is 27.9. The van der Waals surface area contributed by atoms with E-state index >= 15 is 0 Å². The second-order valence-corrected chi connectivity index (χ2v) is 10.2. The molecule has 2 aromatic carbocycles. The molecule has 39 heavy (non-hydrogen) atoms. The van der Waals surface area contributed by atoms with Crippen molar-refractivity contribution in [3.63, 3.8) is 0 Å². The van der Waals surface area contributed by atoms with Gasteiger partial charge in [-0.1, -0.05) is 58.4 Å². The van der Waals surface area contributed by atoms with Gasteiger partial charge in [0.1, 0.15) is 36.7 Å². The number of carbonyl (C=O) groups excluding carboxylic acids is 2. The van der Waals surface area contributed by atoms with Gasteiger partial charge in [0, 0.05) is 18.4 Å². The Morgan fingerprint density at radius 2 is 1.28 bits per heavy atom. The molecule has 7 nitrogen and oxygen atoms in total. The van der Waals surface area contributed by atoms with E-state index < -0.39 is 18.2 Å². The summed E-state index contributed by atoms with van der Waals surface area (Å²) in [6, 6.07) is 15.7. The first-order valence-electron chi connectivity index (χ1n) is 13.3. The Morgan fingerprint density at radius 3 is 1.74 bits per heavy atom. The molecule has 2 rings (SSSR count). The summed E-state index contributed by atoms with van der Waals surface area (Å²) in [5, 5.41) is 0. The number of halogens is 2. The molecule has 0 aliphatic carbocycles. The summed E-state index contributed by atoms with van der Waals surface area (Å²) >= 11 is 11.5. The van der Waals surface area contributed by atoms with Gasteiger partial charge in [-0.2, -0.15) is 0 Å². The lowest BCUT2D eigenvalue weighted by molar-refractivity contribution is -0.151. The summed E-state index contributed by atoms with van der Waals surface area (Å²) in [6.45, 7) is 9.31. The van der Waals surface area contributed by atoms with Crippen LogP contribution in [0.2, 0.25) is 0 Å². The first kappa shape index (κ1) is 32.7. The molecule has 0 radical (unpaired) electrons. The van der Waals surface area contributed by atoms with Crippen LogP contribution >= 0.6 is 23.2 Å². The van der Waals surface area contributed by atoms with E-state index in [0.29, 0.717) is 24.5 Å². The van der Waals surface area contributed by atoms with Gasteiger partial charge in [0.25, 0.3) is 0 Å². The first-order chi connectivity index (χ1) is 18.7. The monoisotopic (exact) mass is 582 g/mol. The molecule has 0 aliphatic rings. The fourth-order valence-electron chi connectivity index (χ4n) is 3.65. The summed E-state index contributed by atoms with van der Waals surface area (Å²) in [5.74, 6) is 0.480. The Hall–Kier alpha value is -2.48. The maximum atomic E-state index is 11.7. The molecule has 0 fully saturated rings. The lowest BCUT2D eigenvalue weighted by Crippen LogP contribution is -2.30. The number of rotatable bonds is 18. The van der Waals surface area contributed by atoms with Gasteiger partial charge in [0.2, 0.25) is 0 Å². The van der Waals surface area contributed by atoms with Crippen molar-refractivity contribution in [2.24, 2.45) is 0 Å². The molecule has 0 saturated heterocycles. The minimum atomic E-state index is -0.539. The summed E-state index contributed by atoms with van der Waals surface area (Å²) in [4.78, 5) is 23.2. The second kappa shape index (κ2) is 17.3. The van der Waals surface area contributed by atoms with Crippen molar-refractivity contribution < 1.29 is 33.3 Å². The average Bonchev–Trinajstić information content (AvgIpc) is 2.96. The molecule has 0 bridgehead atoms. The predicted molar refractivity (Wildman–Crippen MR) is 153 cm³/mol. The normalized spacial score (nSPS) is 12.9. The summed E-state index contributed by atoms with van der Waals surface area (Å²) in [6.07, 6.45) is 1.23. The third-order valence-corrected chi connectivity index (χ3v) is 6.70. The molecule has 2 unspecified atom stereocenters. The second-order valence-electron chi connectivity index (χ2n) is 9.59. The van der Waals surface area contributed by atoms with Gasteiger partial charge in [-0.05, 0) is 41.8 Å². The minimum Gasteiger partial charge on any atom is -0.490 e. The zero-order valence-corrected chi connectivity index (χ0v) is 24.8. The van der Waals surface area contributed by atoms with E-state index in [-0.39, 0.29) is 43.0 Å². The van der Waals surface area contributed by atoms with Crippen molar-refractivity contribution in [2.75, 3.05) is 38.2 Å². The number of benzene rings is 2. The van der Waals surface area contributed by atoms with E-state index in [2.05, 4.69) is 20.8 Å². The number of ether oxygens (including phenoxy) is 5. The molecule has 0 aliphatic heterocycles. The maximum Gasteiger partial charge on any atom is 0.321 e. The Labute approximate surface area is 242 Å². The molecular formula is C30H40Cl2O7. The van der Waals surface area contributed by atoms with Crippen LogP contribution in [0.3, 0.4) is 0 Å². The molecule has 9 heteroatoms. The van der Waals surface area contributed by atoms with Crippen LogP contribution in [0.5, 0.6) is 11.5 Å². The number of hydrogen-bond donors (Lipinski definition) is 0. The van der Waals surface area contributed by atoms with Crippen molar-refractivity contribution in [3.05, 3.63) is 59.7 Å². The third-order valence-electron chi connectivity index (χ3n) is 6.14. The SMILES string of the molecule is CCCCOCC(COc1ccc(C(C)(C)c2ccc(OCC(CCl)OC(=O)CC)cc2)cc1)OC(=O)CCl. The van der Waals surface area contributed by atoms with Gasteiger partial charge < -0.3 is 23.7 Å². The van der Waals surface area contributed by atoms with Gasteiger partial charge >= 0.3 is 11.9 Å². The molecule has 216 valence electrons. The zero-order valence-electron chi connectivity index (χ0n) is 23.3. The van der Waals surface area contributed by atoms with E-state index in [1.807, 2.05) is 48.5 Å². The van der Waals surface area contributed by atoms with Crippen LogP contribution in [-0.2, 0) is 29.2 Å². The summed E-state index contributed by atoms with van der Waals surface area (Å²) in [7, 11) is 0. The van der Waals surface area contributed by atoms with Crippen LogP contribution in [-0.4, -0.2) is 62.3 Å². The Balaban J connectivity index is 1.96. The summed E-state index contributed by atoms with van der Waals surface area (Å²) in [5.41, 5.74) is 1.93. The maximum absolute atomic E-state index is 11.7. The lowest BCUT2D eigenvalue weighted by Gasteiger charge is -2.27. The van der Waals surface area contributed by atoms with Crippen molar-refractivity contribution in [1.82, 2.24) is 0 Å². The van der Waals surface area contributed by atoms with Gasteiger partial charge in [0.05, 0.1) is 12.5 Å². The smallest absolute Gasteiger partial charge is 0.321 e. The molecule has 0 spiro atoms. The number of hydrogen-bond acceptors (Lipinski definition) is 7. The lowest BCUT2D eigenvalue weighted by atomic mass is 9.78. The van der Waals surface area contributed by atoms with Crippen molar-refractivity contribution in [2.45, 2.75) is 64.6 Å². The number of alkyl halides is 2. The highest BCUT2D eigenvalue weighted by molar-refractivity contribution is 6.26. The molecule has 0 aromatic heterocycles. The molecular weight excluding hydrogens is 543 g/mol. The Morgan fingerprint density at radius 1 is 0.769 bits per heavy atom. The average molecular weight is 584 g/mol. The van der Waals surface area contributed by atoms with E-state index in [4.69, 9.17) is 46.9 Å². The van der Waals surface area contributed by atoms with Crippen LogP contribution in [0, 0.1) is 0 Å². The van der Waals surface area contributed by atoms with Gasteiger partial charge in [0.15, 0.2) is 6.10 Å². The highest BCUT2D eigenvalue weighted by atomic mass is 35.5. The predicted octanol–water partition coefficient (Wildman–Crippen LogP) is 6.30. The minimum absolute atomic E-state index is 0.168. The van der Waals surface area contributed by atoms with Gasteiger partial charge in [-0.25, -0.2) is 0 Å². The van der Waals surface area contributed by atoms with E-state index in [1.54, 1.807) is 6.92 Å². The first-order valence-corrected chi connectivity index (χ1v) is 14.4. The van der Waals surface area contributed by atoms with E-state index in [1.165, 1.54) is 0 Å². The van der Waals surface area contributed by atoms with Crippen LogP contribution in [0.4, 0.5) is 0 Å². The third kappa shape index (κ3) is 11.3. The topological polar surface area (TPSA) is 80.3 Å². The molecule has 0 saturated carbocycles. The fraction of sp³-hybridized carbons (Fsp3) is 0.533. The van der Waals surface area contributed by atoms with Crippen molar-refractivity contribution in [1.29, 1.82) is 0 Å². The quantitative estimate of drug-likeness (QED) is 0.116. The van der Waals surface area contributed by atoms with Gasteiger partial charge in [-0.3, -0.25) is 9.59 Å². The fourth-order valence-corrected chi connectivity index (χ4v) is 3.87. The Kier molecular flexibility index (Phi) is 14.5. The number of esters is 2. The standard InChI is InChI=1S/C30H40Cl2O7/c1-5-7-16-35-19-27(39-29(34)18-32)21-37-25-14-10-23(11-15-25)30(3,4)22-8-12-24(13-9-22)36-20-26(17-31)38-28(33)6-2/h8-15,26-27H,5-7,16-21H2,1-4H3. The number of carbonyl (C=O) groups is 2. The zero-order chi connectivity index (χ0) is 28.7. The molecule has 0 N–H and O–H groups in total. The highest BCUT2D eigenvalue weighted by Gasteiger charge is 2.24. The van der Waals surface area contributed by atoms with Crippen LogP contribution < -0.4 is 9.47 Å². The number of unbranched alkanes of at least 4 members (excludes halogenated alkanes) is 1. The molecule has 0 heterocycles. The van der Waals surface area contributed by atoms with E-state index in [0.717, 1.165) is 24.0 Å². The highest BCUT2D eigenvalue weighted by Crippen LogP contribution is 2.33.